The molecule has 2 atom stereocenters. The van der Waals surface area contributed by atoms with E-state index in [1.54, 1.807) is 9.47 Å². The summed E-state index contributed by atoms with van der Waals surface area (Å²) in [5.74, 6) is -2.86. The van der Waals surface area contributed by atoms with E-state index in [0.717, 1.165) is 17.7 Å². The lowest BCUT2D eigenvalue weighted by atomic mass is 9.92. The van der Waals surface area contributed by atoms with Gasteiger partial charge in [-0.25, -0.2) is 8.78 Å². The van der Waals surface area contributed by atoms with Gasteiger partial charge in [0.2, 0.25) is 5.43 Å². The second kappa shape index (κ2) is 9.89. The number of nitrogens with zero attached hydrogens (tertiary/aromatic N) is 2. The van der Waals surface area contributed by atoms with Crippen molar-refractivity contribution >= 4 is 11.8 Å². The Morgan fingerprint density at radius 2 is 1.92 bits per heavy atom. The van der Waals surface area contributed by atoms with Crippen LogP contribution in [-0.4, -0.2) is 33.9 Å². The first-order valence-electron chi connectivity index (χ1n) is 12.3. The third-order valence-corrected chi connectivity index (χ3v) is 7.11. The quantitative estimate of drug-likeness (QED) is 0.496. The summed E-state index contributed by atoms with van der Waals surface area (Å²) >= 11 is 0. The van der Waals surface area contributed by atoms with Gasteiger partial charge in [0.25, 0.3) is 11.8 Å². The number of allylic oxidation sites excluding steroid dienone is 1. The number of rotatable bonds is 6. The van der Waals surface area contributed by atoms with Crippen molar-refractivity contribution in [3.8, 4) is 5.75 Å². The number of amides is 2. The van der Waals surface area contributed by atoms with E-state index in [2.05, 4.69) is 5.32 Å². The van der Waals surface area contributed by atoms with E-state index in [-0.39, 0.29) is 47.7 Å². The number of ether oxygens (including phenoxy) is 1. The lowest BCUT2D eigenvalue weighted by molar-refractivity contribution is 0.0529. The number of fused-ring (bicyclic) bond motifs is 4. The molecular formula is C29H27F2N3O4. The highest BCUT2D eigenvalue weighted by Gasteiger charge is 2.44. The second-order valence-electron chi connectivity index (χ2n) is 9.92. The first-order valence-corrected chi connectivity index (χ1v) is 12.3. The minimum atomic E-state index is -0.808. The number of nitrogens with one attached hydrogen (secondary N) is 1. The number of aromatic nitrogens is 1. The fourth-order valence-electron chi connectivity index (χ4n) is 4.94. The molecule has 0 radical (unpaired) electrons. The molecule has 0 spiro atoms. The van der Waals surface area contributed by atoms with Gasteiger partial charge < -0.3 is 19.5 Å². The Kier molecular flexibility index (Phi) is 6.60. The molecular weight excluding hydrogens is 492 g/mol. The molecule has 7 nitrogen and oxygen atoms in total. The number of hydrogen-bond donors (Lipinski definition) is 1. The molecule has 2 amide bonds. The topological polar surface area (TPSA) is 80.6 Å². The summed E-state index contributed by atoms with van der Waals surface area (Å²) in [5.41, 5.74) is -0.657. The van der Waals surface area contributed by atoms with Crippen LogP contribution in [0.1, 0.15) is 52.2 Å². The summed E-state index contributed by atoms with van der Waals surface area (Å²) in [6.07, 6.45) is 5.90. The molecule has 0 saturated carbocycles. The van der Waals surface area contributed by atoms with Gasteiger partial charge >= 0.3 is 0 Å². The Bertz CT molecular complexity index is 1500. The molecule has 2 unspecified atom stereocenters. The Morgan fingerprint density at radius 1 is 1.16 bits per heavy atom. The third-order valence-electron chi connectivity index (χ3n) is 7.11. The molecule has 2 aliphatic rings. The van der Waals surface area contributed by atoms with Crippen LogP contribution in [0.2, 0.25) is 0 Å². The number of halogens is 2. The van der Waals surface area contributed by atoms with E-state index in [4.69, 9.17) is 4.74 Å². The van der Waals surface area contributed by atoms with Crippen LogP contribution in [0.15, 0.2) is 71.7 Å². The second-order valence-corrected chi connectivity index (χ2v) is 9.92. The average Bonchev–Trinajstić information content (AvgIpc) is 3.03. The highest BCUT2D eigenvalue weighted by molar-refractivity contribution is 5.99. The van der Waals surface area contributed by atoms with E-state index in [0.29, 0.717) is 13.0 Å². The van der Waals surface area contributed by atoms with Crippen molar-refractivity contribution in [2.24, 2.45) is 0 Å². The number of carbonyl (C=O) groups is 2. The predicted octanol–water partition coefficient (Wildman–Crippen LogP) is 4.15. The van der Waals surface area contributed by atoms with Crippen LogP contribution in [0.3, 0.4) is 0 Å². The average molecular weight is 520 g/mol. The van der Waals surface area contributed by atoms with Crippen molar-refractivity contribution < 1.29 is 23.1 Å². The molecule has 5 rings (SSSR count). The molecule has 3 aromatic rings. The van der Waals surface area contributed by atoms with Crippen LogP contribution < -0.4 is 15.5 Å². The number of pyridine rings is 1. The van der Waals surface area contributed by atoms with Crippen molar-refractivity contribution in [3.63, 3.8) is 0 Å². The van der Waals surface area contributed by atoms with Gasteiger partial charge in [-0.3, -0.25) is 14.4 Å². The summed E-state index contributed by atoms with van der Waals surface area (Å²) in [6, 6.07) is 12.0. The molecule has 2 aromatic carbocycles. The zero-order valence-electron chi connectivity index (χ0n) is 21.0. The Hall–Kier alpha value is -4.27. The van der Waals surface area contributed by atoms with Gasteiger partial charge in [-0.2, -0.15) is 0 Å². The van der Waals surface area contributed by atoms with Crippen molar-refractivity contribution in [1.82, 2.24) is 14.8 Å². The molecule has 0 fully saturated rings. The molecule has 1 N–H and O–H groups in total. The van der Waals surface area contributed by atoms with Gasteiger partial charge in [0.15, 0.2) is 11.4 Å². The van der Waals surface area contributed by atoms with Gasteiger partial charge in [0.1, 0.15) is 23.8 Å². The summed E-state index contributed by atoms with van der Waals surface area (Å²) in [4.78, 5) is 42.2. The van der Waals surface area contributed by atoms with Crippen LogP contribution in [0.5, 0.6) is 5.75 Å². The summed E-state index contributed by atoms with van der Waals surface area (Å²) in [7, 11) is 0. The molecule has 2 bridgehead atoms. The molecule has 38 heavy (non-hydrogen) atoms. The van der Waals surface area contributed by atoms with Crippen LogP contribution in [0.25, 0.3) is 0 Å². The van der Waals surface area contributed by atoms with Crippen LogP contribution in [0.4, 0.5) is 8.78 Å². The first kappa shape index (κ1) is 25.4. The van der Waals surface area contributed by atoms with Crippen molar-refractivity contribution in [1.29, 1.82) is 0 Å². The Balaban J connectivity index is 1.57. The first-order chi connectivity index (χ1) is 18.2. The zero-order valence-corrected chi connectivity index (χ0v) is 21.0. The van der Waals surface area contributed by atoms with Crippen molar-refractivity contribution in [2.75, 3.05) is 6.54 Å². The highest BCUT2D eigenvalue weighted by Crippen LogP contribution is 2.36. The summed E-state index contributed by atoms with van der Waals surface area (Å²) in [6.45, 7) is 4.02. The number of carbonyl (C=O) groups excluding carboxylic acids is 2. The smallest absolute Gasteiger partial charge is 0.275 e. The minimum Gasteiger partial charge on any atom is -0.483 e. The standard InChI is InChI=1S/C29H27F2N3O4/c1-18-7-6-12-29(2)17-33(18)28(37)24-26(38-16-19-8-4-3-5-9-19)25(35)22(15-34(24)29)27(36)32-14-20-10-11-21(30)13-23(20)31/h3-11,13,15,18H,12,14,16-17H2,1-2H3,(H,32,36). The maximum absolute atomic E-state index is 14.1. The molecule has 9 heteroatoms. The number of benzene rings is 2. The van der Waals surface area contributed by atoms with Gasteiger partial charge in [-0.1, -0.05) is 48.6 Å². The monoisotopic (exact) mass is 519 g/mol. The Labute approximate surface area is 218 Å². The van der Waals surface area contributed by atoms with Gasteiger partial charge in [0.05, 0.1) is 5.54 Å². The van der Waals surface area contributed by atoms with Crippen LogP contribution in [-0.2, 0) is 18.7 Å². The van der Waals surface area contributed by atoms with E-state index >= 15 is 0 Å². The van der Waals surface area contributed by atoms with Gasteiger partial charge in [0, 0.05) is 37.0 Å². The van der Waals surface area contributed by atoms with Crippen LogP contribution in [0, 0.1) is 11.6 Å². The van der Waals surface area contributed by atoms with Crippen molar-refractivity contribution in [3.05, 3.63) is 111 Å². The van der Waals surface area contributed by atoms with Crippen molar-refractivity contribution in [2.45, 2.75) is 45.0 Å². The maximum Gasteiger partial charge on any atom is 0.275 e. The van der Waals surface area contributed by atoms with Gasteiger partial charge in [-0.05, 0) is 31.9 Å². The molecule has 2 aliphatic heterocycles. The molecule has 196 valence electrons. The highest BCUT2D eigenvalue weighted by atomic mass is 19.1. The zero-order chi connectivity index (χ0) is 27.0. The van der Waals surface area contributed by atoms with E-state index < -0.39 is 28.5 Å². The fraction of sp³-hybridized carbons (Fsp3) is 0.276. The van der Waals surface area contributed by atoms with Crippen LogP contribution >= 0.6 is 0 Å². The largest absolute Gasteiger partial charge is 0.483 e. The Morgan fingerprint density at radius 3 is 2.66 bits per heavy atom. The number of hydrogen-bond acceptors (Lipinski definition) is 4. The lowest BCUT2D eigenvalue weighted by Gasteiger charge is -2.44. The SMILES string of the molecule is CC1C=CCC2(C)CN1C(=O)c1c(OCc3ccccc3)c(=O)c(C(=O)NCc3ccc(F)cc3F)cn12. The molecule has 3 heterocycles. The third kappa shape index (κ3) is 4.60. The van der Waals surface area contributed by atoms with E-state index in [1.807, 2.05) is 56.3 Å². The maximum atomic E-state index is 14.1. The predicted molar refractivity (Wildman–Crippen MR) is 137 cm³/mol. The summed E-state index contributed by atoms with van der Waals surface area (Å²) in [5, 5.41) is 2.54. The van der Waals surface area contributed by atoms with E-state index in [9.17, 15) is 23.2 Å². The fourth-order valence-corrected chi connectivity index (χ4v) is 4.94. The van der Waals surface area contributed by atoms with E-state index in [1.165, 1.54) is 12.3 Å². The van der Waals surface area contributed by atoms with Gasteiger partial charge in [-0.15, -0.1) is 0 Å². The minimum absolute atomic E-state index is 0.0206. The lowest BCUT2D eigenvalue weighted by Crippen LogP contribution is -2.54. The summed E-state index contributed by atoms with van der Waals surface area (Å²) < 4.78 is 35.0. The molecule has 0 aliphatic carbocycles. The normalized spacial score (nSPS) is 20.1. The molecule has 1 aromatic heterocycles. The molecule has 0 saturated heterocycles.